The third kappa shape index (κ3) is 13.6. The summed E-state index contributed by atoms with van der Waals surface area (Å²) in [4.78, 5) is 37.9. The van der Waals surface area contributed by atoms with Crippen LogP contribution in [0.25, 0.3) is 0 Å². The Morgan fingerprint density at radius 2 is 0.654 bits per heavy atom. The highest BCUT2D eigenvalue weighted by Gasteiger charge is 2.47. The number of carbonyl (C=O) groups is 3. The third-order valence-electron chi connectivity index (χ3n) is 11.2. The number of benzene rings is 5. The molecule has 0 aliphatic rings. The van der Waals surface area contributed by atoms with Crippen LogP contribution in [0.2, 0.25) is 0 Å². The van der Waals surface area contributed by atoms with Crippen molar-refractivity contribution in [2.75, 3.05) is 0 Å². The number of nitrogens with zero attached hydrogens (tertiary/aromatic N) is 2. The maximum Gasteiger partial charge on any atom is 0.416 e. The van der Waals surface area contributed by atoms with Crippen LogP contribution in [0.5, 0.6) is 0 Å². The van der Waals surface area contributed by atoms with Crippen molar-refractivity contribution in [3.63, 3.8) is 0 Å². The number of hydrogen-bond donors (Lipinski definition) is 2. The summed E-state index contributed by atoms with van der Waals surface area (Å²) in [5.41, 5.74) is -30.9. The SMILES string of the molecule is FC(F)(F)c1cc([B-](c2cc(C(F)(F)F)cc(C(F)(F)F)c2)(c2cc(C(F)(F)F)cc(C(F)(F)F)c2)c2cc(C(F)(F)F)cc(C(F)(F)F)c2)cc(C(F)(F)F)c1.O=C(C[n+]1ccnc(C(=O)O)c1C(=O)O)c1ccccc1. The second-order valence-corrected chi connectivity index (χ2v) is 16.4. The molecule has 2 N–H and O–H groups in total. The number of halogens is 24. The van der Waals surface area contributed by atoms with Crippen LogP contribution in [0, 0.1) is 0 Å². The van der Waals surface area contributed by atoms with E-state index in [1.807, 2.05) is 0 Å². The van der Waals surface area contributed by atoms with E-state index in [4.69, 9.17) is 10.2 Å². The maximum atomic E-state index is 14.2. The molecule has 0 spiro atoms. The van der Waals surface area contributed by atoms with Gasteiger partial charge in [-0.25, -0.2) is 14.6 Å². The highest BCUT2D eigenvalue weighted by molar-refractivity contribution is 7.20. The lowest BCUT2D eigenvalue weighted by Gasteiger charge is -2.46. The Hall–Kier alpha value is -7.83. The number of carbonyl (C=O) groups excluding carboxylic acids is 1. The van der Waals surface area contributed by atoms with E-state index in [1.165, 1.54) is 6.20 Å². The molecule has 0 saturated carbocycles. The van der Waals surface area contributed by atoms with E-state index in [9.17, 15) is 120 Å². The van der Waals surface area contributed by atoms with Gasteiger partial charge in [0, 0.05) is 5.56 Å². The molecular formula is C46H23BF24N2O5. The number of rotatable bonds is 9. The van der Waals surface area contributed by atoms with Gasteiger partial charge in [-0.3, -0.25) is 4.79 Å². The molecule has 6 rings (SSSR count). The number of Topliss-reactive ketones (excluding diaryl/α,β-unsaturated/α-hetero) is 1. The van der Waals surface area contributed by atoms with Gasteiger partial charge in [0.25, 0.3) is 0 Å². The van der Waals surface area contributed by atoms with Crippen LogP contribution in [0.4, 0.5) is 105 Å². The van der Waals surface area contributed by atoms with Crippen LogP contribution in [0.15, 0.2) is 116 Å². The summed E-state index contributed by atoms with van der Waals surface area (Å²) in [6.07, 6.45) is -52.4. The predicted octanol–water partition coefficient (Wildman–Crippen LogP) is 11.9. The average molecular weight is 1150 g/mol. The topological polar surface area (TPSA) is 108 Å². The van der Waals surface area contributed by atoms with Crippen molar-refractivity contribution in [3.05, 3.63) is 177 Å². The van der Waals surface area contributed by atoms with Crippen LogP contribution in [-0.2, 0) is 56.0 Å². The molecule has 5 aromatic carbocycles. The summed E-state index contributed by atoms with van der Waals surface area (Å²) in [5, 5.41) is 18.1. The minimum absolute atomic E-state index is 0.283. The zero-order chi connectivity index (χ0) is 59.3. The maximum absolute atomic E-state index is 14.2. The summed E-state index contributed by atoms with van der Waals surface area (Å²) in [7, 11) is 0. The minimum Gasteiger partial charge on any atom is -0.476 e. The van der Waals surface area contributed by atoms with Crippen LogP contribution in [0.1, 0.15) is 75.8 Å². The number of hydrogen-bond acceptors (Lipinski definition) is 4. The van der Waals surface area contributed by atoms with E-state index in [1.54, 1.807) is 30.3 Å². The Labute approximate surface area is 417 Å². The smallest absolute Gasteiger partial charge is 0.416 e. The predicted molar refractivity (Wildman–Crippen MR) is 219 cm³/mol. The van der Waals surface area contributed by atoms with Crippen molar-refractivity contribution in [1.82, 2.24) is 4.98 Å². The Morgan fingerprint density at radius 1 is 0.397 bits per heavy atom. The number of ketones is 1. The normalized spacial score (nSPS) is 13.2. The summed E-state index contributed by atoms with van der Waals surface area (Å²) in [5.74, 6) is -3.25. The van der Waals surface area contributed by atoms with E-state index < -0.39 is 218 Å². The monoisotopic (exact) mass is 1150 g/mol. The summed E-state index contributed by atoms with van der Waals surface area (Å²) < 4.78 is 342. The first-order valence-corrected chi connectivity index (χ1v) is 20.6. The minimum atomic E-state index is -6.13. The van der Waals surface area contributed by atoms with Gasteiger partial charge >= 0.3 is 67.0 Å². The highest BCUT2D eigenvalue weighted by atomic mass is 19.4. The Balaban J connectivity index is 0.000000443. The number of alkyl halides is 24. The Morgan fingerprint density at radius 3 is 0.872 bits per heavy atom. The molecule has 0 amide bonds. The number of carboxylic acids is 2. The molecule has 0 unspecified atom stereocenters. The molecule has 0 fully saturated rings. The lowest BCUT2D eigenvalue weighted by molar-refractivity contribution is -0.686. The van der Waals surface area contributed by atoms with Crippen LogP contribution >= 0.6 is 0 Å². The van der Waals surface area contributed by atoms with Gasteiger partial charge in [-0.1, -0.05) is 78.9 Å². The van der Waals surface area contributed by atoms with Gasteiger partial charge in [0.15, 0.2) is 6.20 Å². The molecule has 0 aliphatic heterocycles. The summed E-state index contributed by atoms with van der Waals surface area (Å²) in [6, 6.07) is -0.488. The van der Waals surface area contributed by atoms with Gasteiger partial charge in [0.2, 0.25) is 18.0 Å². The van der Waals surface area contributed by atoms with Crippen molar-refractivity contribution >= 4 is 45.7 Å². The summed E-state index contributed by atoms with van der Waals surface area (Å²) in [6.45, 7) is -0.283. The highest BCUT2D eigenvalue weighted by Crippen LogP contribution is 2.41. The molecular weight excluding hydrogens is 1130 g/mol. The molecule has 1 aromatic heterocycles. The van der Waals surface area contributed by atoms with E-state index in [0.29, 0.717) is 5.56 Å². The van der Waals surface area contributed by atoms with Crippen LogP contribution in [-0.4, -0.2) is 39.1 Å². The number of aromatic carboxylic acids is 2. The zero-order valence-corrected chi connectivity index (χ0v) is 37.3. The Bertz CT molecular complexity index is 2810. The molecule has 0 saturated heterocycles. The fourth-order valence-electron chi connectivity index (χ4n) is 7.91. The number of aromatic nitrogens is 2. The van der Waals surface area contributed by atoms with Gasteiger partial charge in [-0.2, -0.15) is 132 Å². The standard InChI is InChI=1S/C32H12BF24.C14H10N2O5/c34-25(35,36)13-1-14(26(37,38)39)6-21(5-13)33(22-7-15(27(40,41)42)2-16(8-22)28(43,44)45,23-9-17(29(46,47)48)3-18(10-23)30(49,50)51)24-11-19(31(52,53)54)4-20(12-24)32(55,56)57;17-10(9-4-2-1-3-5-9)8-16-7-6-15-11(13(18)19)12(16)14(20)21/h1-12H;1-7H,8H2,(H-,18,19,20,21)/q-1;/p+1. The average Bonchev–Trinajstić information content (AvgIpc) is 3.29. The first kappa shape index (κ1) is 61.0. The van der Waals surface area contributed by atoms with Gasteiger partial charge in [-0.05, 0) is 24.3 Å². The fraction of sp³-hybridized carbons (Fsp3) is 0.196. The molecule has 7 nitrogen and oxygen atoms in total. The summed E-state index contributed by atoms with van der Waals surface area (Å²) >= 11 is 0. The van der Waals surface area contributed by atoms with E-state index in [0.717, 1.165) is 10.8 Å². The lowest BCUT2D eigenvalue weighted by Crippen LogP contribution is -2.75. The first-order chi connectivity index (χ1) is 35.3. The molecule has 0 atom stereocenters. The van der Waals surface area contributed by atoms with Crippen molar-refractivity contribution in [2.24, 2.45) is 0 Å². The third-order valence-corrected chi connectivity index (χ3v) is 11.2. The van der Waals surface area contributed by atoms with E-state index in [-0.39, 0.29) is 12.3 Å². The Kier molecular flexibility index (Phi) is 16.3. The lowest BCUT2D eigenvalue weighted by atomic mass is 9.12. The van der Waals surface area contributed by atoms with Crippen molar-refractivity contribution < 1.29 is 135 Å². The molecule has 418 valence electrons. The van der Waals surface area contributed by atoms with Gasteiger partial charge in [-0.15, -0.1) is 0 Å². The quantitative estimate of drug-likeness (QED) is 0.0646. The molecule has 6 aromatic rings. The molecule has 78 heavy (non-hydrogen) atoms. The molecule has 0 aliphatic carbocycles. The molecule has 1 heterocycles. The first-order valence-electron chi connectivity index (χ1n) is 20.6. The van der Waals surface area contributed by atoms with E-state index >= 15 is 0 Å². The molecule has 0 radical (unpaired) electrons. The van der Waals surface area contributed by atoms with Crippen molar-refractivity contribution in [3.8, 4) is 0 Å². The van der Waals surface area contributed by atoms with Crippen LogP contribution in [0.3, 0.4) is 0 Å². The van der Waals surface area contributed by atoms with Gasteiger partial charge in [0.05, 0.1) is 50.7 Å². The molecule has 0 bridgehead atoms. The van der Waals surface area contributed by atoms with Crippen molar-refractivity contribution in [2.45, 2.75) is 56.0 Å². The fourth-order valence-corrected chi connectivity index (χ4v) is 7.91. The number of carboxylic acid groups (broad SMARTS) is 2. The zero-order valence-electron chi connectivity index (χ0n) is 37.3. The second kappa shape index (κ2) is 20.9. The van der Waals surface area contributed by atoms with Gasteiger partial charge < -0.3 is 10.2 Å². The van der Waals surface area contributed by atoms with Gasteiger partial charge in [0.1, 0.15) is 6.15 Å². The van der Waals surface area contributed by atoms with Crippen LogP contribution < -0.4 is 26.4 Å². The van der Waals surface area contributed by atoms with Crippen molar-refractivity contribution in [1.29, 1.82) is 0 Å². The van der Waals surface area contributed by atoms with E-state index in [2.05, 4.69) is 4.98 Å². The largest absolute Gasteiger partial charge is 0.476 e. The molecule has 32 heteroatoms. The second-order valence-electron chi connectivity index (χ2n) is 16.4.